The van der Waals surface area contributed by atoms with E-state index in [2.05, 4.69) is 10.4 Å². The lowest BCUT2D eigenvalue weighted by atomic mass is 9.96. The van der Waals surface area contributed by atoms with E-state index in [-0.39, 0.29) is 24.0 Å². The van der Waals surface area contributed by atoms with Gasteiger partial charge < -0.3 is 14.6 Å². The van der Waals surface area contributed by atoms with E-state index >= 15 is 0 Å². The van der Waals surface area contributed by atoms with Crippen LogP contribution in [0.4, 0.5) is 29.1 Å². The van der Waals surface area contributed by atoms with Gasteiger partial charge in [0.1, 0.15) is 17.4 Å². The molecule has 32 heavy (non-hydrogen) atoms. The molecular weight excluding hydrogens is 428 g/mol. The Balaban J connectivity index is 1.52. The van der Waals surface area contributed by atoms with Gasteiger partial charge in [0.15, 0.2) is 11.7 Å². The van der Waals surface area contributed by atoms with Gasteiger partial charge in [-0.2, -0.15) is 18.3 Å². The third-order valence-electron chi connectivity index (χ3n) is 6.09. The van der Waals surface area contributed by atoms with Gasteiger partial charge in [0, 0.05) is 24.2 Å². The number of aromatic nitrogens is 2. The van der Waals surface area contributed by atoms with Gasteiger partial charge in [-0.25, -0.2) is 9.07 Å². The number of carbonyl (C=O) groups excluding carboxylic acids is 1. The predicted molar refractivity (Wildman–Crippen MR) is 108 cm³/mol. The summed E-state index contributed by atoms with van der Waals surface area (Å²) in [6.07, 6.45) is -2.25. The molecule has 2 aromatic heterocycles. The molecule has 3 aromatic rings. The summed E-state index contributed by atoms with van der Waals surface area (Å²) in [6.45, 7) is 1.85. The van der Waals surface area contributed by atoms with E-state index in [1.54, 1.807) is 12.1 Å². The first-order valence-electron chi connectivity index (χ1n) is 10.3. The zero-order valence-electron chi connectivity index (χ0n) is 17.1. The molecule has 1 amide bonds. The summed E-state index contributed by atoms with van der Waals surface area (Å²) in [5, 5.41) is 7.06. The van der Waals surface area contributed by atoms with Gasteiger partial charge in [-0.3, -0.25) is 4.79 Å². The molecule has 0 saturated heterocycles. The van der Waals surface area contributed by atoms with E-state index in [1.165, 1.54) is 35.4 Å². The topological polar surface area (TPSA) is 63.3 Å². The molecule has 0 unspecified atom stereocenters. The molecule has 2 aliphatic rings. The van der Waals surface area contributed by atoms with Crippen molar-refractivity contribution in [3.05, 3.63) is 65.5 Å². The van der Waals surface area contributed by atoms with Crippen LogP contribution in [0.3, 0.4) is 0 Å². The van der Waals surface area contributed by atoms with E-state index in [0.717, 1.165) is 4.68 Å². The second-order valence-corrected chi connectivity index (χ2v) is 8.20. The van der Waals surface area contributed by atoms with Crippen LogP contribution in [0.1, 0.15) is 53.7 Å². The van der Waals surface area contributed by atoms with E-state index in [4.69, 9.17) is 4.42 Å². The monoisotopic (exact) mass is 448 g/mol. The molecule has 1 aromatic carbocycles. The lowest BCUT2D eigenvalue weighted by molar-refractivity contribution is -0.174. The van der Waals surface area contributed by atoms with Crippen molar-refractivity contribution in [2.75, 3.05) is 10.2 Å². The number of rotatable bonds is 2. The van der Waals surface area contributed by atoms with Gasteiger partial charge in [0.25, 0.3) is 5.91 Å². The number of hydrogen-bond donors (Lipinski definition) is 1. The van der Waals surface area contributed by atoms with Crippen molar-refractivity contribution in [1.29, 1.82) is 0 Å². The van der Waals surface area contributed by atoms with E-state index in [0.29, 0.717) is 29.9 Å². The zero-order chi connectivity index (χ0) is 22.6. The number of aryl methyl sites for hydroxylation is 1. The molecule has 0 aliphatic carbocycles. The third kappa shape index (κ3) is 3.43. The molecule has 4 heterocycles. The maximum atomic E-state index is 13.8. The Morgan fingerprint density at radius 3 is 2.78 bits per heavy atom. The molecule has 0 fully saturated rings. The normalized spacial score (nSPS) is 22.8. The van der Waals surface area contributed by atoms with Crippen molar-refractivity contribution >= 4 is 17.4 Å². The predicted octanol–water partition coefficient (Wildman–Crippen LogP) is 5.26. The molecule has 0 saturated carbocycles. The molecule has 5 rings (SSSR count). The van der Waals surface area contributed by atoms with Crippen LogP contribution in [-0.2, 0) is 6.42 Å². The highest BCUT2D eigenvalue weighted by Crippen LogP contribution is 2.44. The average Bonchev–Trinajstić information content (AvgIpc) is 3.41. The number of benzene rings is 1. The number of halogens is 4. The van der Waals surface area contributed by atoms with Crippen molar-refractivity contribution in [1.82, 2.24) is 9.78 Å². The van der Waals surface area contributed by atoms with Gasteiger partial charge in [-0.1, -0.05) is 0 Å². The van der Waals surface area contributed by atoms with Crippen LogP contribution in [0, 0.1) is 5.82 Å². The standard InChI is InChI=1S/C22H20F4N4O2/c1-12-4-5-13-9-14(23)6-7-17(13)29(12)21(31)16-11-20-27-15(18-3-2-8-32-18)10-19(22(24,25)26)30(20)28-16/h2-3,6-9,11-12,15,19,27H,4-5,10H2,1H3/t12-,15-,19-/m1/s1. The van der Waals surface area contributed by atoms with E-state index in [1.807, 2.05) is 6.92 Å². The Morgan fingerprint density at radius 1 is 1.25 bits per heavy atom. The Labute approximate surface area is 180 Å². The summed E-state index contributed by atoms with van der Waals surface area (Å²) in [5.41, 5.74) is 1.13. The van der Waals surface area contributed by atoms with Gasteiger partial charge in [0.2, 0.25) is 0 Å². The van der Waals surface area contributed by atoms with Crippen molar-refractivity contribution in [2.24, 2.45) is 0 Å². The minimum absolute atomic E-state index is 0.0901. The minimum Gasteiger partial charge on any atom is -0.467 e. The smallest absolute Gasteiger partial charge is 0.410 e. The summed E-state index contributed by atoms with van der Waals surface area (Å²) in [7, 11) is 0. The molecule has 10 heteroatoms. The maximum absolute atomic E-state index is 13.8. The third-order valence-corrected chi connectivity index (χ3v) is 6.09. The Hall–Kier alpha value is -3.30. The molecule has 0 radical (unpaired) electrons. The maximum Gasteiger partial charge on any atom is 0.410 e. The van der Waals surface area contributed by atoms with Crippen LogP contribution < -0.4 is 10.2 Å². The van der Waals surface area contributed by atoms with Crippen molar-refractivity contribution in [3.63, 3.8) is 0 Å². The van der Waals surface area contributed by atoms with E-state index in [9.17, 15) is 22.4 Å². The summed E-state index contributed by atoms with van der Waals surface area (Å²) in [6, 6.07) is 5.91. The lowest BCUT2D eigenvalue weighted by Gasteiger charge is -2.34. The molecule has 2 aliphatic heterocycles. The summed E-state index contributed by atoms with van der Waals surface area (Å²) in [4.78, 5) is 14.9. The molecular formula is C22H20F4N4O2. The molecule has 0 bridgehead atoms. The second kappa shape index (κ2) is 7.39. The number of anilines is 2. The lowest BCUT2D eigenvalue weighted by Crippen LogP contribution is -2.42. The van der Waals surface area contributed by atoms with Crippen LogP contribution in [0.25, 0.3) is 0 Å². The number of carbonyl (C=O) groups is 1. The number of fused-ring (bicyclic) bond motifs is 2. The van der Waals surface area contributed by atoms with Crippen LogP contribution in [0.15, 0.2) is 47.1 Å². The Bertz CT molecular complexity index is 1160. The van der Waals surface area contributed by atoms with Crippen LogP contribution in [0.5, 0.6) is 0 Å². The van der Waals surface area contributed by atoms with Crippen molar-refractivity contribution < 1.29 is 26.8 Å². The molecule has 0 spiro atoms. The summed E-state index contributed by atoms with van der Waals surface area (Å²) < 4.78 is 61.3. The second-order valence-electron chi connectivity index (χ2n) is 8.20. The van der Waals surface area contributed by atoms with Crippen LogP contribution >= 0.6 is 0 Å². The van der Waals surface area contributed by atoms with Gasteiger partial charge in [-0.05, 0) is 55.7 Å². The average molecular weight is 448 g/mol. The van der Waals surface area contributed by atoms with Crippen LogP contribution in [-0.4, -0.2) is 27.9 Å². The Kier molecular flexibility index (Phi) is 4.75. The molecule has 6 nitrogen and oxygen atoms in total. The van der Waals surface area contributed by atoms with E-state index < -0.39 is 30.0 Å². The fraction of sp³-hybridized carbons (Fsp3) is 0.364. The summed E-state index contributed by atoms with van der Waals surface area (Å²) in [5.74, 6) is -0.457. The summed E-state index contributed by atoms with van der Waals surface area (Å²) >= 11 is 0. The molecule has 1 N–H and O–H groups in total. The van der Waals surface area contributed by atoms with Crippen molar-refractivity contribution in [3.8, 4) is 0 Å². The molecule has 168 valence electrons. The highest BCUT2D eigenvalue weighted by atomic mass is 19.4. The Morgan fingerprint density at radius 2 is 2.06 bits per heavy atom. The number of furan rings is 1. The number of amides is 1. The largest absolute Gasteiger partial charge is 0.467 e. The fourth-order valence-electron chi connectivity index (χ4n) is 4.51. The highest BCUT2D eigenvalue weighted by Gasteiger charge is 2.47. The minimum atomic E-state index is -4.56. The quantitative estimate of drug-likeness (QED) is 0.544. The fourth-order valence-corrected chi connectivity index (χ4v) is 4.51. The number of nitrogens with one attached hydrogen (secondary N) is 1. The number of hydrogen-bond acceptors (Lipinski definition) is 4. The van der Waals surface area contributed by atoms with Gasteiger partial charge in [-0.15, -0.1) is 0 Å². The van der Waals surface area contributed by atoms with Crippen LogP contribution in [0.2, 0.25) is 0 Å². The first kappa shape index (κ1) is 20.6. The highest BCUT2D eigenvalue weighted by molar-refractivity contribution is 6.06. The number of alkyl halides is 3. The van der Waals surface area contributed by atoms with Gasteiger partial charge >= 0.3 is 6.18 Å². The first-order chi connectivity index (χ1) is 15.2. The zero-order valence-corrected chi connectivity index (χ0v) is 17.1. The molecule has 3 atom stereocenters. The van der Waals surface area contributed by atoms with Crippen molar-refractivity contribution in [2.45, 2.75) is 50.5 Å². The SMILES string of the molecule is C[C@@H]1CCc2cc(F)ccc2N1C(=O)c1cc2n(n1)[C@@H](C(F)(F)F)C[C@H](c1ccco1)N2. The first-order valence-corrected chi connectivity index (χ1v) is 10.3. The number of nitrogens with zero attached hydrogens (tertiary/aromatic N) is 3. The van der Waals surface area contributed by atoms with Gasteiger partial charge in [0.05, 0.1) is 12.3 Å².